The molecule has 0 aliphatic carbocycles. The molecule has 0 bridgehead atoms. The van der Waals surface area contributed by atoms with E-state index in [1.807, 2.05) is 11.8 Å². The molecular formula is C19H25NS. The maximum absolute atomic E-state index is 3.72. The summed E-state index contributed by atoms with van der Waals surface area (Å²) in [5, 5.41) is 3.72. The van der Waals surface area contributed by atoms with Crippen LogP contribution in [0.3, 0.4) is 0 Å². The molecule has 0 amide bonds. The fourth-order valence-electron chi connectivity index (χ4n) is 2.64. The summed E-state index contributed by atoms with van der Waals surface area (Å²) in [7, 11) is 0. The molecule has 0 saturated heterocycles. The minimum Gasteiger partial charge on any atom is -0.310 e. The maximum Gasteiger partial charge on any atom is 0.0372 e. The van der Waals surface area contributed by atoms with Crippen LogP contribution in [-0.4, -0.2) is 12.8 Å². The average Bonchev–Trinajstić information content (AvgIpc) is 2.51. The summed E-state index contributed by atoms with van der Waals surface area (Å²) in [6.07, 6.45) is 4.35. The Morgan fingerprint density at radius 1 is 1.10 bits per heavy atom. The molecule has 0 spiro atoms. The fraction of sp³-hybridized carbons (Fsp3) is 0.368. The third-order valence-electron chi connectivity index (χ3n) is 3.68. The van der Waals surface area contributed by atoms with Gasteiger partial charge in [0.05, 0.1) is 0 Å². The van der Waals surface area contributed by atoms with Crippen molar-refractivity contribution in [2.75, 3.05) is 12.8 Å². The molecule has 1 N–H and O–H groups in total. The average molecular weight is 299 g/mol. The van der Waals surface area contributed by atoms with Gasteiger partial charge in [0.15, 0.2) is 0 Å². The molecule has 0 aromatic heterocycles. The number of thioether (sulfide) groups is 1. The largest absolute Gasteiger partial charge is 0.310 e. The number of nitrogens with one attached hydrogen (secondary N) is 1. The highest BCUT2D eigenvalue weighted by Crippen LogP contribution is 2.28. The Kier molecular flexibility index (Phi) is 6.34. The molecule has 2 aromatic carbocycles. The molecule has 1 atom stereocenters. The van der Waals surface area contributed by atoms with Crippen molar-refractivity contribution in [2.24, 2.45) is 0 Å². The second kappa shape index (κ2) is 8.26. The van der Waals surface area contributed by atoms with Gasteiger partial charge in [0.25, 0.3) is 0 Å². The van der Waals surface area contributed by atoms with E-state index in [2.05, 4.69) is 74.0 Å². The zero-order valence-corrected chi connectivity index (χ0v) is 14.0. The highest BCUT2D eigenvalue weighted by molar-refractivity contribution is 7.98. The monoisotopic (exact) mass is 299 g/mol. The van der Waals surface area contributed by atoms with Crippen molar-refractivity contribution in [3.8, 4) is 0 Å². The minimum absolute atomic E-state index is 0.385. The van der Waals surface area contributed by atoms with Crippen molar-refractivity contribution in [3.63, 3.8) is 0 Å². The van der Waals surface area contributed by atoms with Crippen molar-refractivity contribution in [2.45, 2.75) is 37.6 Å². The van der Waals surface area contributed by atoms with E-state index in [4.69, 9.17) is 0 Å². The van der Waals surface area contributed by atoms with E-state index in [0.29, 0.717) is 6.04 Å². The molecule has 1 unspecified atom stereocenters. The van der Waals surface area contributed by atoms with E-state index in [-0.39, 0.29) is 0 Å². The number of rotatable bonds is 7. The summed E-state index contributed by atoms with van der Waals surface area (Å²) in [6.45, 7) is 5.43. The summed E-state index contributed by atoms with van der Waals surface area (Å²) < 4.78 is 0. The third kappa shape index (κ3) is 4.62. The van der Waals surface area contributed by atoms with E-state index in [0.717, 1.165) is 19.4 Å². The van der Waals surface area contributed by atoms with Gasteiger partial charge in [-0.1, -0.05) is 55.0 Å². The highest BCUT2D eigenvalue weighted by atomic mass is 32.2. The summed E-state index contributed by atoms with van der Waals surface area (Å²) in [6, 6.07) is 18.0. The molecule has 0 fully saturated rings. The van der Waals surface area contributed by atoms with E-state index >= 15 is 0 Å². The number of aryl methyl sites for hydroxylation is 1. The van der Waals surface area contributed by atoms with Crippen molar-refractivity contribution < 1.29 is 0 Å². The van der Waals surface area contributed by atoms with Crippen LogP contribution in [0.2, 0.25) is 0 Å². The maximum atomic E-state index is 3.72. The van der Waals surface area contributed by atoms with Gasteiger partial charge in [0.1, 0.15) is 0 Å². The summed E-state index contributed by atoms with van der Waals surface area (Å²) >= 11 is 1.83. The van der Waals surface area contributed by atoms with Crippen LogP contribution in [0.15, 0.2) is 53.4 Å². The standard InChI is InChI=1S/C19H25NS/c1-4-12-20-18(14-16-9-7-8-15(2)13-16)17-10-5-6-11-19(17)21-3/h5-11,13,18,20H,4,12,14H2,1-3H3. The molecule has 2 rings (SSSR count). The van der Waals surface area contributed by atoms with Crippen molar-refractivity contribution in [1.82, 2.24) is 5.32 Å². The quantitative estimate of drug-likeness (QED) is 0.722. The predicted molar refractivity (Wildman–Crippen MR) is 94.1 cm³/mol. The Hall–Kier alpha value is -1.25. The first-order valence-corrected chi connectivity index (χ1v) is 8.89. The minimum atomic E-state index is 0.385. The lowest BCUT2D eigenvalue weighted by Gasteiger charge is -2.21. The van der Waals surface area contributed by atoms with Gasteiger partial charge >= 0.3 is 0 Å². The van der Waals surface area contributed by atoms with Gasteiger partial charge < -0.3 is 5.32 Å². The molecule has 2 heteroatoms. The summed E-state index contributed by atoms with van der Waals surface area (Å²) in [5.74, 6) is 0. The van der Waals surface area contributed by atoms with Gasteiger partial charge in [-0.25, -0.2) is 0 Å². The van der Waals surface area contributed by atoms with Crippen LogP contribution in [0.5, 0.6) is 0 Å². The van der Waals surface area contributed by atoms with Gasteiger partial charge in [0.2, 0.25) is 0 Å². The molecular weight excluding hydrogens is 274 g/mol. The van der Waals surface area contributed by atoms with E-state index in [9.17, 15) is 0 Å². The molecule has 112 valence electrons. The van der Waals surface area contributed by atoms with Crippen LogP contribution in [0.25, 0.3) is 0 Å². The first kappa shape index (κ1) is 16.1. The van der Waals surface area contributed by atoms with Crippen molar-refractivity contribution in [3.05, 3.63) is 65.2 Å². The Bertz CT molecular complexity index is 565. The Balaban J connectivity index is 2.25. The lowest BCUT2D eigenvalue weighted by atomic mass is 9.97. The predicted octanol–water partition coefficient (Wildman–Crippen LogP) is 5.00. The Labute approximate surface area is 133 Å². The van der Waals surface area contributed by atoms with Crippen LogP contribution < -0.4 is 5.32 Å². The Morgan fingerprint density at radius 3 is 2.62 bits per heavy atom. The molecule has 0 aliphatic heterocycles. The zero-order chi connectivity index (χ0) is 15.1. The lowest BCUT2D eigenvalue weighted by molar-refractivity contribution is 0.523. The second-order valence-corrected chi connectivity index (χ2v) is 6.29. The molecule has 1 nitrogen and oxygen atoms in total. The smallest absolute Gasteiger partial charge is 0.0372 e. The molecule has 2 aromatic rings. The van der Waals surface area contributed by atoms with Crippen molar-refractivity contribution in [1.29, 1.82) is 0 Å². The van der Waals surface area contributed by atoms with Crippen LogP contribution in [0, 0.1) is 6.92 Å². The van der Waals surface area contributed by atoms with Crippen LogP contribution in [0.1, 0.15) is 36.1 Å². The molecule has 21 heavy (non-hydrogen) atoms. The molecule has 0 saturated carbocycles. The van der Waals surface area contributed by atoms with Gasteiger partial charge in [-0.05, 0) is 49.8 Å². The second-order valence-electron chi connectivity index (χ2n) is 5.44. The lowest BCUT2D eigenvalue weighted by Crippen LogP contribution is -2.24. The molecule has 0 aliphatic rings. The first-order valence-electron chi connectivity index (χ1n) is 7.66. The highest BCUT2D eigenvalue weighted by Gasteiger charge is 2.14. The number of benzene rings is 2. The van der Waals surface area contributed by atoms with E-state index < -0.39 is 0 Å². The van der Waals surface area contributed by atoms with E-state index in [1.165, 1.54) is 21.6 Å². The topological polar surface area (TPSA) is 12.0 Å². The third-order valence-corrected chi connectivity index (χ3v) is 4.49. The molecule has 0 heterocycles. The van der Waals surface area contributed by atoms with Gasteiger partial charge in [-0.3, -0.25) is 0 Å². The SMILES string of the molecule is CCCNC(Cc1cccc(C)c1)c1ccccc1SC. The summed E-state index contributed by atoms with van der Waals surface area (Å²) in [4.78, 5) is 1.37. The van der Waals surface area contributed by atoms with Gasteiger partial charge in [0, 0.05) is 10.9 Å². The van der Waals surface area contributed by atoms with Crippen LogP contribution >= 0.6 is 11.8 Å². The zero-order valence-electron chi connectivity index (χ0n) is 13.2. The first-order chi connectivity index (χ1) is 10.2. The molecule has 0 radical (unpaired) electrons. The number of hydrogen-bond acceptors (Lipinski definition) is 2. The van der Waals surface area contributed by atoms with Crippen molar-refractivity contribution >= 4 is 11.8 Å². The van der Waals surface area contributed by atoms with E-state index in [1.54, 1.807) is 0 Å². The summed E-state index contributed by atoms with van der Waals surface area (Å²) in [5.41, 5.74) is 4.15. The van der Waals surface area contributed by atoms with Crippen LogP contribution in [-0.2, 0) is 6.42 Å². The Morgan fingerprint density at radius 2 is 1.90 bits per heavy atom. The fourth-order valence-corrected chi connectivity index (χ4v) is 3.30. The van der Waals surface area contributed by atoms with Crippen LogP contribution in [0.4, 0.5) is 0 Å². The number of hydrogen-bond donors (Lipinski definition) is 1. The normalized spacial score (nSPS) is 12.3. The van der Waals surface area contributed by atoms with Gasteiger partial charge in [-0.15, -0.1) is 11.8 Å². The van der Waals surface area contributed by atoms with Gasteiger partial charge in [-0.2, -0.15) is 0 Å².